The van der Waals surface area contributed by atoms with E-state index in [9.17, 15) is 9.59 Å². The van der Waals surface area contributed by atoms with Crippen LogP contribution in [0, 0.1) is 0 Å². The average molecular weight is 201 g/mol. The third-order valence-corrected chi connectivity index (χ3v) is 1.69. The summed E-state index contributed by atoms with van der Waals surface area (Å²) >= 11 is 0. The van der Waals surface area contributed by atoms with E-state index in [4.69, 9.17) is 0 Å². The van der Waals surface area contributed by atoms with Crippen molar-refractivity contribution in [2.75, 3.05) is 19.6 Å². The van der Waals surface area contributed by atoms with Gasteiger partial charge in [0.15, 0.2) is 0 Å². The lowest BCUT2D eigenvalue weighted by molar-refractivity contribution is -0.122. The Hall–Kier alpha value is -1.10. The van der Waals surface area contributed by atoms with Gasteiger partial charge in [0.25, 0.3) is 0 Å². The van der Waals surface area contributed by atoms with E-state index in [0.717, 1.165) is 0 Å². The number of nitrogens with one attached hydrogen (secondary N) is 3. The molecule has 1 unspecified atom stereocenters. The molecule has 0 rings (SSSR count). The molecule has 0 aromatic carbocycles. The summed E-state index contributed by atoms with van der Waals surface area (Å²) in [7, 11) is 0. The molecule has 2 amide bonds. The molecule has 0 fully saturated rings. The fraction of sp³-hybridized carbons (Fsp3) is 0.778. The van der Waals surface area contributed by atoms with Crippen LogP contribution < -0.4 is 16.0 Å². The summed E-state index contributed by atoms with van der Waals surface area (Å²) < 4.78 is 0. The first kappa shape index (κ1) is 12.9. The number of hydrogen-bond acceptors (Lipinski definition) is 3. The molecule has 0 aliphatic heterocycles. The summed E-state index contributed by atoms with van der Waals surface area (Å²) in [5, 5.41) is 8.34. The second-order valence-electron chi connectivity index (χ2n) is 3.05. The third-order valence-electron chi connectivity index (χ3n) is 1.69. The van der Waals surface area contributed by atoms with E-state index in [-0.39, 0.29) is 17.9 Å². The van der Waals surface area contributed by atoms with Gasteiger partial charge in [0.2, 0.25) is 11.8 Å². The van der Waals surface area contributed by atoms with Crippen molar-refractivity contribution >= 4 is 11.8 Å². The summed E-state index contributed by atoms with van der Waals surface area (Å²) in [4.78, 5) is 21.7. The Bertz CT molecular complexity index is 194. The largest absolute Gasteiger partial charge is 0.355 e. The van der Waals surface area contributed by atoms with E-state index in [0.29, 0.717) is 19.6 Å². The van der Waals surface area contributed by atoms with Crippen LogP contribution in [0.25, 0.3) is 0 Å². The minimum atomic E-state index is -0.219. The minimum Gasteiger partial charge on any atom is -0.355 e. The molecule has 1 atom stereocenters. The zero-order valence-corrected chi connectivity index (χ0v) is 9.02. The van der Waals surface area contributed by atoms with Crippen molar-refractivity contribution < 1.29 is 9.59 Å². The van der Waals surface area contributed by atoms with E-state index >= 15 is 0 Å². The molecular formula is C9H19N3O2. The van der Waals surface area contributed by atoms with Gasteiger partial charge in [-0.2, -0.15) is 0 Å². The van der Waals surface area contributed by atoms with Gasteiger partial charge in [0.05, 0.1) is 6.04 Å². The molecule has 0 aromatic heterocycles. The van der Waals surface area contributed by atoms with E-state index < -0.39 is 0 Å². The van der Waals surface area contributed by atoms with E-state index in [1.807, 2.05) is 6.92 Å². The van der Waals surface area contributed by atoms with Gasteiger partial charge >= 0.3 is 0 Å². The van der Waals surface area contributed by atoms with Gasteiger partial charge in [-0.25, -0.2) is 0 Å². The maximum Gasteiger partial charge on any atom is 0.236 e. The first-order chi connectivity index (χ1) is 6.57. The maximum absolute atomic E-state index is 11.2. The zero-order chi connectivity index (χ0) is 11.0. The molecule has 0 bridgehead atoms. The highest BCUT2D eigenvalue weighted by molar-refractivity contribution is 5.81. The molecule has 0 spiro atoms. The van der Waals surface area contributed by atoms with Crippen LogP contribution in [0.4, 0.5) is 0 Å². The summed E-state index contributed by atoms with van der Waals surface area (Å²) in [5.74, 6) is -0.0761. The highest BCUT2D eigenvalue weighted by Gasteiger charge is 2.09. The summed E-state index contributed by atoms with van der Waals surface area (Å²) in [6.07, 6.45) is 0. The van der Waals surface area contributed by atoms with Crippen LogP contribution in [0.2, 0.25) is 0 Å². The predicted octanol–water partition coefficient (Wildman–Crippen LogP) is -0.763. The van der Waals surface area contributed by atoms with E-state index in [1.165, 1.54) is 6.92 Å². The van der Waals surface area contributed by atoms with Crippen molar-refractivity contribution in [1.82, 2.24) is 16.0 Å². The molecule has 0 saturated heterocycles. The molecule has 0 radical (unpaired) electrons. The van der Waals surface area contributed by atoms with Gasteiger partial charge in [-0.1, -0.05) is 0 Å². The Morgan fingerprint density at radius 1 is 1.21 bits per heavy atom. The number of likely N-dealkylation sites (N-methyl/N-ethyl adjacent to an activating group) is 1. The van der Waals surface area contributed by atoms with Crippen LogP contribution in [-0.2, 0) is 9.59 Å². The molecule has 5 nitrogen and oxygen atoms in total. The number of carbonyl (C=O) groups excluding carboxylic acids is 2. The number of hydrogen-bond donors (Lipinski definition) is 3. The maximum atomic E-state index is 11.2. The summed E-state index contributed by atoms with van der Waals surface area (Å²) in [5.41, 5.74) is 0. The second-order valence-corrected chi connectivity index (χ2v) is 3.05. The highest BCUT2D eigenvalue weighted by atomic mass is 16.2. The number of rotatable bonds is 6. The van der Waals surface area contributed by atoms with Gasteiger partial charge in [-0.15, -0.1) is 0 Å². The first-order valence-corrected chi connectivity index (χ1v) is 4.83. The Labute approximate surface area is 84.6 Å². The van der Waals surface area contributed by atoms with Crippen LogP contribution in [0.15, 0.2) is 0 Å². The van der Waals surface area contributed by atoms with Gasteiger partial charge in [0, 0.05) is 26.6 Å². The van der Waals surface area contributed by atoms with Crippen LogP contribution >= 0.6 is 0 Å². The molecule has 0 heterocycles. The van der Waals surface area contributed by atoms with Crippen molar-refractivity contribution in [2.45, 2.75) is 26.8 Å². The van der Waals surface area contributed by atoms with Crippen molar-refractivity contribution in [2.24, 2.45) is 0 Å². The van der Waals surface area contributed by atoms with Crippen molar-refractivity contribution in [3.63, 3.8) is 0 Å². The standard InChI is InChI=1S/C9H19N3O2/c1-4-10-9(14)7(2)11-5-6-12-8(3)13/h7,11H,4-6H2,1-3H3,(H,10,14)(H,12,13). The van der Waals surface area contributed by atoms with Crippen LogP contribution in [0.3, 0.4) is 0 Å². The van der Waals surface area contributed by atoms with Gasteiger partial charge in [0.1, 0.15) is 0 Å². The smallest absolute Gasteiger partial charge is 0.236 e. The third kappa shape index (κ3) is 6.42. The summed E-state index contributed by atoms with van der Waals surface area (Å²) in [6.45, 7) is 6.90. The van der Waals surface area contributed by atoms with Crippen LogP contribution in [0.5, 0.6) is 0 Å². The lowest BCUT2D eigenvalue weighted by Crippen LogP contribution is -2.44. The Morgan fingerprint density at radius 3 is 2.36 bits per heavy atom. The minimum absolute atomic E-state index is 0.0182. The zero-order valence-electron chi connectivity index (χ0n) is 9.02. The lowest BCUT2D eigenvalue weighted by atomic mass is 10.3. The monoisotopic (exact) mass is 201 g/mol. The molecule has 3 N–H and O–H groups in total. The van der Waals surface area contributed by atoms with Crippen LogP contribution in [0.1, 0.15) is 20.8 Å². The fourth-order valence-corrected chi connectivity index (χ4v) is 0.947. The topological polar surface area (TPSA) is 70.2 Å². The molecule has 0 saturated carbocycles. The molecular weight excluding hydrogens is 182 g/mol. The second kappa shape index (κ2) is 7.32. The SMILES string of the molecule is CCNC(=O)C(C)NCCNC(C)=O. The number of carbonyl (C=O) groups is 2. The lowest BCUT2D eigenvalue weighted by Gasteiger charge is -2.12. The Morgan fingerprint density at radius 2 is 1.86 bits per heavy atom. The van der Waals surface area contributed by atoms with Crippen molar-refractivity contribution in [1.29, 1.82) is 0 Å². The molecule has 82 valence electrons. The first-order valence-electron chi connectivity index (χ1n) is 4.83. The van der Waals surface area contributed by atoms with E-state index in [1.54, 1.807) is 6.92 Å². The predicted molar refractivity (Wildman–Crippen MR) is 54.8 cm³/mol. The van der Waals surface area contributed by atoms with E-state index in [2.05, 4.69) is 16.0 Å². The van der Waals surface area contributed by atoms with Crippen molar-refractivity contribution in [3.8, 4) is 0 Å². The van der Waals surface area contributed by atoms with Gasteiger partial charge < -0.3 is 16.0 Å². The Balaban J connectivity index is 3.48. The summed E-state index contributed by atoms with van der Waals surface area (Å²) in [6, 6.07) is -0.219. The van der Waals surface area contributed by atoms with Crippen molar-refractivity contribution in [3.05, 3.63) is 0 Å². The molecule has 0 aliphatic carbocycles. The normalized spacial score (nSPS) is 11.9. The fourth-order valence-electron chi connectivity index (χ4n) is 0.947. The highest BCUT2D eigenvalue weighted by Crippen LogP contribution is 1.80. The number of amides is 2. The molecule has 0 aliphatic rings. The Kier molecular flexibility index (Phi) is 6.74. The molecule has 14 heavy (non-hydrogen) atoms. The molecule has 5 heteroatoms. The quantitative estimate of drug-likeness (QED) is 0.495. The molecule has 0 aromatic rings. The van der Waals surface area contributed by atoms with Gasteiger partial charge in [-0.05, 0) is 13.8 Å². The average Bonchev–Trinajstić information content (AvgIpc) is 2.12. The van der Waals surface area contributed by atoms with Gasteiger partial charge in [-0.3, -0.25) is 9.59 Å². The van der Waals surface area contributed by atoms with Crippen LogP contribution in [-0.4, -0.2) is 37.5 Å².